The summed E-state index contributed by atoms with van der Waals surface area (Å²) in [5.41, 5.74) is 0.854. The third-order valence-corrected chi connectivity index (χ3v) is 3.68. The maximum absolute atomic E-state index is 12.5. The van der Waals surface area contributed by atoms with Crippen LogP contribution in [0.15, 0.2) is 59.5 Å². The molecular formula is C18H19N5O2. The number of rotatable bonds is 5. The molecule has 0 saturated heterocycles. The first-order valence-corrected chi connectivity index (χ1v) is 8.01. The lowest BCUT2D eigenvalue weighted by Gasteiger charge is -2.12. The predicted molar refractivity (Wildman–Crippen MR) is 94.6 cm³/mol. The molecule has 3 aromatic rings. The van der Waals surface area contributed by atoms with Gasteiger partial charge < -0.3 is 5.32 Å². The molecule has 0 fully saturated rings. The van der Waals surface area contributed by atoms with Gasteiger partial charge >= 0.3 is 0 Å². The predicted octanol–water partition coefficient (Wildman–Crippen LogP) is 2.32. The molecule has 0 radical (unpaired) electrons. The maximum Gasteiger partial charge on any atom is 0.277 e. The zero-order valence-corrected chi connectivity index (χ0v) is 14.1. The summed E-state index contributed by atoms with van der Waals surface area (Å²) in [5.74, 6) is 0.201. The summed E-state index contributed by atoms with van der Waals surface area (Å²) in [4.78, 5) is 24.5. The lowest BCUT2D eigenvalue weighted by atomic mass is 10.2. The van der Waals surface area contributed by atoms with Gasteiger partial charge in [0, 0.05) is 18.2 Å². The minimum Gasteiger partial charge on any atom is -0.305 e. The lowest BCUT2D eigenvalue weighted by Crippen LogP contribution is -2.27. The van der Waals surface area contributed by atoms with Crippen LogP contribution in [0.1, 0.15) is 35.9 Å². The van der Waals surface area contributed by atoms with E-state index in [-0.39, 0.29) is 23.2 Å². The second-order valence-electron chi connectivity index (χ2n) is 5.91. The van der Waals surface area contributed by atoms with E-state index in [9.17, 15) is 9.59 Å². The Balaban J connectivity index is 1.82. The van der Waals surface area contributed by atoms with Crippen molar-refractivity contribution in [3.8, 4) is 0 Å². The van der Waals surface area contributed by atoms with E-state index in [1.54, 1.807) is 16.9 Å². The molecule has 0 aliphatic rings. The van der Waals surface area contributed by atoms with Gasteiger partial charge in [0.05, 0.1) is 12.7 Å². The summed E-state index contributed by atoms with van der Waals surface area (Å²) in [6.45, 7) is 4.26. The Morgan fingerprint density at radius 2 is 1.88 bits per heavy atom. The van der Waals surface area contributed by atoms with Crippen molar-refractivity contribution in [3.05, 3.63) is 76.3 Å². The van der Waals surface area contributed by atoms with Gasteiger partial charge in [0.2, 0.25) is 0 Å². The molecule has 1 amide bonds. The minimum atomic E-state index is -0.385. The van der Waals surface area contributed by atoms with E-state index in [0.717, 1.165) is 5.56 Å². The Morgan fingerprint density at radius 3 is 2.60 bits per heavy atom. The molecule has 0 bridgehead atoms. The SMILES string of the molecule is CC(C)n1nccc1NC(=O)c1ccc(=O)n(Cc2ccccc2)n1. The van der Waals surface area contributed by atoms with Crippen LogP contribution in [0.25, 0.3) is 0 Å². The van der Waals surface area contributed by atoms with Crippen LogP contribution in [0.3, 0.4) is 0 Å². The molecule has 7 nitrogen and oxygen atoms in total. The van der Waals surface area contributed by atoms with E-state index in [1.807, 2.05) is 44.2 Å². The van der Waals surface area contributed by atoms with Crippen LogP contribution < -0.4 is 10.9 Å². The average Bonchev–Trinajstić information content (AvgIpc) is 3.06. The smallest absolute Gasteiger partial charge is 0.277 e. The average molecular weight is 337 g/mol. The van der Waals surface area contributed by atoms with Crippen molar-refractivity contribution in [2.24, 2.45) is 0 Å². The van der Waals surface area contributed by atoms with E-state index in [4.69, 9.17) is 0 Å². The molecule has 1 aromatic carbocycles. The first kappa shape index (κ1) is 16.6. The molecule has 25 heavy (non-hydrogen) atoms. The standard InChI is InChI=1S/C18H19N5O2/c1-13(2)23-16(10-11-19-23)20-18(25)15-8-9-17(24)22(21-15)12-14-6-4-3-5-7-14/h3-11,13H,12H2,1-2H3,(H,20,25). The van der Waals surface area contributed by atoms with E-state index in [2.05, 4.69) is 15.5 Å². The Hall–Kier alpha value is -3.22. The van der Waals surface area contributed by atoms with Crippen molar-refractivity contribution < 1.29 is 4.79 Å². The largest absolute Gasteiger partial charge is 0.305 e. The van der Waals surface area contributed by atoms with Gasteiger partial charge in [-0.1, -0.05) is 30.3 Å². The minimum absolute atomic E-state index is 0.116. The van der Waals surface area contributed by atoms with Crippen LogP contribution in [0.2, 0.25) is 0 Å². The molecule has 7 heteroatoms. The van der Waals surface area contributed by atoms with Gasteiger partial charge in [-0.25, -0.2) is 9.36 Å². The fraction of sp³-hybridized carbons (Fsp3) is 0.222. The number of benzene rings is 1. The Labute approximate surface area is 144 Å². The van der Waals surface area contributed by atoms with E-state index in [1.165, 1.54) is 16.8 Å². The van der Waals surface area contributed by atoms with Gasteiger partial charge in [-0.05, 0) is 25.5 Å². The summed E-state index contributed by atoms with van der Waals surface area (Å²) >= 11 is 0. The summed E-state index contributed by atoms with van der Waals surface area (Å²) in [6.07, 6.45) is 1.62. The second-order valence-corrected chi connectivity index (χ2v) is 5.91. The zero-order valence-electron chi connectivity index (χ0n) is 14.1. The number of hydrogen-bond acceptors (Lipinski definition) is 4. The Bertz CT molecular complexity index is 928. The highest BCUT2D eigenvalue weighted by Gasteiger charge is 2.13. The van der Waals surface area contributed by atoms with Gasteiger partial charge in [-0.15, -0.1) is 0 Å². The zero-order chi connectivity index (χ0) is 17.8. The van der Waals surface area contributed by atoms with Crippen molar-refractivity contribution in [2.75, 3.05) is 5.32 Å². The summed E-state index contributed by atoms with van der Waals surface area (Å²) in [5, 5.41) is 11.1. The number of amides is 1. The summed E-state index contributed by atoms with van der Waals surface area (Å²) in [6, 6.07) is 14.1. The number of nitrogens with zero attached hydrogens (tertiary/aromatic N) is 4. The first-order chi connectivity index (χ1) is 12.0. The molecule has 0 unspecified atom stereocenters. The van der Waals surface area contributed by atoms with Crippen LogP contribution in [0, 0.1) is 0 Å². The van der Waals surface area contributed by atoms with Crippen LogP contribution in [0.5, 0.6) is 0 Å². The second kappa shape index (κ2) is 7.12. The van der Waals surface area contributed by atoms with Crippen LogP contribution in [-0.4, -0.2) is 25.5 Å². The van der Waals surface area contributed by atoms with Crippen molar-refractivity contribution in [1.82, 2.24) is 19.6 Å². The fourth-order valence-corrected chi connectivity index (χ4v) is 2.44. The van der Waals surface area contributed by atoms with E-state index >= 15 is 0 Å². The molecule has 0 spiro atoms. The first-order valence-electron chi connectivity index (χ1n) is 8.01. The summed E-state index contributed by atoms with van der Waals surface area (Å²) < 4.78 is 2.99. The monoisotopic (exact) mass is 337 g/mol. The number of carbonyl (C=O) groups excluding carboxylic acids is 1. The van der Waals surface area contributed by atoms with Crippen molar-refractivity contribution in [3.63, 3.8) is 0 Å². The Morgan fingerprint density at radius 1 is 1.12 bits per heavy atom. The van der Waals surface area contributed by atoms with Gasteiger partial charge in [0.25, 0.3) is 11.5 Å². The summed E-state index contributed by atoms with van der Waals surface area (Å²) in [7, 11) is 0. The van der Waals surface area contributed by atoms with Crippen LogP contribution in [0.4, 0.5) is 5.82 Å². The van der Waals surface area contributed by atoms with Gasteiger partial charge in [-0.2, -0.15) is 10.2 Å². The molecule has 0 atom stereocenters. The van der Waals surface area contributed by atoms with Gasteiger partial charge in [-0.3, -0.25) is 9.59 Å². The molecule has 1 N–H and O–H groups in total. The van der Waals surface area contributed by atoms with Crippen LogP contribution >= 0.6 is 0 Å². The number of nitrogens with one attached hydrogen (secondary N) is 1. The molecular weight excluding hydrogens is 318 g/mol. The third kappa shape index (κ3) is 3.82. The van der Waals surface area contributed by atoms with Crippen molar-refractivity contribution in [1.29, 1.82) is 0 Å². The number of carbonyl (C=O) groups is 1. The maximum atomic E-state index is 12.5. The molecule has 2 aromatic heterocycles. The number of aromatic nitrogens is 4. The molecule has 0 aliphatic carbocycles. The fourth-order valence-electron chi connectivity index (χ4n) is 2.44. The number of anilines is 1. The highest BCUT2D eigenvalue weighted by atomic mass is 16.2. The van der Waals surface area contributed by atoms with E-state index < -0.39 is 0 Å². The Kier molecular flexibility index (Phi) is 4.74. The topological polar surface area (TPSA) is 81.8 Å². The van der Waals surface area contributed by atoms with Crippen LogP contribution in [-0.2, 0) is 6.54 Å². The highest BCUT2D eigenvalue weighted by molar-refractivity contribution is 6.02. The van der Waals surface area contributed by atoms with Gasteiger partial charge in [0.1, 0.15) is 11.5 Å². The highest BCUT2D eigenvalue weighted by Crippen LogP contribution is 2.13. The molecule has 3 rings (SSSR count). The van der Waals surface area contributed by atoms with Crippen molar-refractivity contribution in [2.45, 2.75) is 26.4 Å². The third-order valence-electron chi connectivity index (χ3n) is 3.68. The van der Waals surface area contributed by atoms with E-state index in [0.29, 0.717) is 12.4 Å². The molecule has 128 valence electrons. The quantitative estimate of drug-likeness (QED) is 0.774. The molecule has 2 heterocycles. The molecule has 0 aliphatic heterocycles. The van der Waals surface area contributed by atoms with Crippen molar-refractivity contribution >= 4 is 11.7 Å². The number of hydrogen-bond donors (Lipinski definition) is 1. The van der Waals surface area contributed by atoms with Gasteiger partial charge in [0.15, 0.2) is 0 Å². The molecule has 0 saturated carbocycles. The lowest BCUT2D eigenvalue weighted by molar-refractivity contribution is 0.101. The normalized spacial score (nSPS) is 10.8.